The third-order valence-corrected chi connectivity index (χ3v) is 2.91. The van der Waals surface area contributed by atoms with Crippen LogP contribution in [-0.2, 0) is 16.1 Å². The van der Waals surface area contributed by atoms with Crippen molar-refractivity contribution in [3.8, 4) is 0 Å². The molecule has 2 rings (SSSR count). The lowest BCUT2D eigenvalue weighted by Crippen LogP contribution is -2.51. The number of amides is 2. The number of carbonyl (C=O) groups excluding carboxylic acids is 2. The van der Waals surface area contributed by atoms with Crippen molar-refractivity contribution in [1.82, 2.24) is 14.5 Å². The zero-order valence-electron chi connectivity index (χ0n) is 9.58. The van der Waals surface area contributed by atoms with Crippen LogP contribution in [0.5, 0.6) is 0 Å². The molecule has 2 amide bonds. The van der Waals surface area contributed by atoms with E-state index in [2.05, 4.69) is 4.98 Å². The molecule has 0 saturated carbocycles. The molecular weight excluding hydrogens is 220 g/mol. The second-order valence-corrected chi connectivity index (χ2v) is 4.18. The van der Waals surface area contributed by atoms with Gasteiger partial charge in [0.2, 0.25) is 11.8 Å². The highest BCUT2D eigenvalue weighted by Crippen LogP contribution is 2.12. The van der Waals surface area contributed by atoms with Crippen LogP contribution in [0.2, 0.25) is 0 Å². The first kappa shape index (κ1) is 11.8. The summed E-state index contributed by atoms with van der Waals surface area (Å²) in [4.78, 5) is 28.5. The van der Waals surface area contributed by atoms with E-state index >= 15 is 0 Å². The van der Waals surface area contributed by atoms with Gasteiger partial charge in [-0.1, -0.05) is 0 Å². The van der Waals surface area contributed by atoms with Gasteiger partial charge < -0.3 is 10.3 Å². The molecular formula is C11H16N4O2. The molecule has 0 spiro atoms. The van der Waals surface area contributed by atoms with Gasteiger partial charge in [-0.05, 0) is 12.8 Å². The van der Waals surface area contributed by atoms with Crippen LogP contribution in [0.15, 0.2) is 18.7 Å². The lowest BCUT2D eigenvalue weighted by Gasteiger charge is -2.28. The summed E-state index contributed by atoms with van der Waals surface area (Å²) < 4.78 is 1.92. The molecule has 6 nitrogen and oxygen atoms in total. The number of imide groups is 1. The molecule has 0 radical (unpaired) electrons. The van der Waals surface area contributed by atoms with Crippen LogP contribution in [0, 0.1) is 0 Å². The Morgan fingerprint density at radius 1 is 1.41 bits per heavy atom. The monoisotopic (exact) mass is 236 g/mol. The quantitative estimate of drug-likeness (QED) is 0.731. The van der Waals surface area contributed by atoms with E-state index < -0.39 is 6.04 Å². The number of imidazole rings is 1. The molecule has 92 valence electrons. The number of nitrogens with zero attached hydrogens (tertiary/aromatic N) is 3. The van der Waals surface area contributed by atoms with Gasteiger partial charge in [-0.25, -0.2) is 4.98 Å². The van der Waals surface area contributed by atoms with Crippen molar-refractivity contribution in [2.45, 2.75) is 31.8 Å². The van der Waals surface area contributed by atoms with E-state index in [1.54, 1.807) is 12.5 Å². The van der Waals surface area contributed by atoms with Crippen molar-refractivity contribution >= 4 is 11.8 Å². The lowest BCUT2D eigenvalue weighted by molar-refractivity contribution is -0.149. The largest absolute Gasteiger partial charge is 0.337 e. The van der Waals surface area contributed by atoms with Gasteiger partial charge in [0, 0.05) is 31.9 Å². The summed E-state index contributed by atoms with van der Waals surface area (Å²) in [5.74, 6) is -0.353. The van der Waals surface area contributed by atoms with Crippen molar-refractivity contribution in [2.75, 3.05) is 6.54 Å². The van der Waals surface area contributed by atoms with Crippen molar-refractivity contribution in [3.63, 3.8) is 0 Å². The minimum Gasteiger partial charge on any atom is -0.337 e. The Morgan fingerprint density at radius 2 is 2.24 bits per heavy atom. The first-order chi connectivity index (χ1) is 8.18. The standard InChI is InChI=1S/C11H16N4O2/c12-9-2-3-10(16)15(11(9)17)6-1-5-14-7-4-13-8-14/h4,7-9H,1-3,5-6,12H2. The van der Waals surface area contributed by atoms with Gasteiger partial charge in [0.15, 0.2) is 0 Å². The van der Waals surface area contributed by atoms with E-state index in [4.69, 9.17) is 5.73 Å². The summed E-state index contributed by atoms with van der Waals surface area (Å²) >= 11 is 0. The summed E-state index contributed by atoms with van der Waals surface area (Å²) in [5, 5.41) is 0. The number of carbonyl (C=O) groups is 2. The summed E-state index contributed by atoms with van der Waals surface area (Å²) in [5.41, 5.74) is 5.64. The maximum absolute atomic E-state index is 11.7. The Labute approximate surface area is 99.4 Å². The SMILES string of the molecule is NC1CCC(=O)N(CCCn2ccnc2)C1=O. The molecule has 2 heterocycles. The van der Waals surface area contributed by atoms with Gasteiger partial charge in [-0.2, -0.15) is 0 Å². The van der Waals surface area contributed by atoms with Gasteiger partial charge in [-0.15, -0.1) is 0 Å². The molecule has 1 saturated heterocycles. The third kappa shape index (κ3) is 2.71. The maximum Gasteiger partial charge on any atom is 0.246 e. The molecule has 1 unspecified atom stereocenters. The average molecular weight is 236 g/mol. The number of aromatic nitrogens is 2. The van der Waals surface area contributed by atoms with Crippen LogP contribution in [0.1, 0.15) is 19.3 Å². The Hall–Kier alpha value is -1.69. The van der Waals surface area contributed by atoms with Gasteiger partial charge in [0.1, 0.15) is 0 Å². The third-order valence-electron chi connectivity index (χ3n) is 2.91. The van der Waals surface area contributed by atoms with E-state index in [0.29, 0.717) is 19.4 Å². The smallest absolute Gasteiger partial charge is 0.246 e. The summed E-state index contributed by atoms with van der Waals surface area (Å²) in [6.45, 7) is 1.18. The minimum absolute atomic E-state index is 0.109. The van der Waals surface area contributed by atoms with Gasteiger partial charge in [0.25, 0.3) is 0 Å². The predicted molar refractivity (Wildman–Crippen MR) is 60.8 cm³/mol. The number of aryl methyl sites for hydroxylation is 1. The highest BCUT2D eigenvalue weighted by molar-refractivity contribution is 6.00. The number of nitrogens with two attached hydrogens (primary N) is 1. The van der Waals surface area contributed by atoms with Gasteiger partial charge >= 0.3 is 0 Å². The summed E-state index contributed by atoms with van der Waals surface area (Å²) in [6, 6.07) is -0.513. The highest BCUT2D eigenvalue weighted by atomic mass is 16.2. The molecule has 0 bridgehead atoms. The fourth-order valence-corrected chi connectivity index (χ4v) is 1.93. The molecule has 0 aliphatic carbocycles. The van der Waals surface area contributed by atoms with Gasteiger partial charge in [-0.3, -0.25) is 14.5 Å². The zero-order chi connectivity index (χ0) is 12.3. The Bertz CT molecular complexity index is 402. The van der Waals surface area contributed by atoms with Crippen molar-refractivity contribution in [2.24, 2.45) is 5.73 Å². The number of piperidine rings is 1. The molecule has 1 aliphatic rings. The Kier molecular flexibility index (Phi) is 3.53. The fourth-order valence-electron chi connectivity index (χ4n) is 1.93. The van der Waals surface area contributed by atoms with Crippen molar-refractivity contribution in [3.05, 3.63) is 18.7 Å². The van der Waals surface area contributed by atoms with Crippen LogP contribution < -0.4 is 5.73 Å². The van der Waals surface area contributed by atoms with Crippen LogP contribution in [-0.4, -0.2) is 38.9 Å². The van der Waals surface area contributed by atoms with E-state index in [1.807, 2.05) is 10.8 Å². The normalized spacial score (nSPS) is 21.0. The molecule has 17 heavy (non-hydrogen) atoms. The molecule has 6 heteroatoms. The molecule has 1 fully saturated rings. The number of likely N-dealkylation sites (tertiary alicyclic amines) is 1. The topological polar surface area (TPSA) is 81.2 Å². The van der Waals surface area contributed by atoms with E-state index in [9.17, 15) is 9.59 Å². The number of hydrogen-bond acceptors (Lipinski definition) is 4. The molecule has 0 aromatic carbocycles. The Balaban J connectivity index is 1.84. The van der Waals surface area contributed by atoms with Crippen LogP contribution >= 0.6 is 0 Å². The first-order valence-electron chi connectivity index (χ1n) is 5.74. The molecule has 1 aliphatic heterocycles. The second-order valence-electron chi connectivity index (χ2n) is 4.18. The van der Waals surface area contributed by atoms with Crippen molar-refractivity contribution in [1.29, 1.82) is 0 Å². The van der Waals surface area contributed by atoms with E-state index in [-0.39, 0.29) is 11.8 Å². The Morgan fingerprint density at radius 3 is 2.94 bits per heavy atom. The number of rotatable bonds is 4. The second kappa shape index (κ2) is 5.09. The molecule has 1 aromatic rings. The average Bonchev–Trinajstić information content (AvgIpc) is 2.81. The van der Waals surface area contributed by atoms with Crippen LogP contribution in [0.4, 0.5) is 0 Å². The summed E-state index contributed by atoms with van der Waals surface area (Å²) in [6.07, 6.45) is 6.83. The minimum atomic E-state index is -0.513. The molecule has 2 N–H and O–H groups in total. The van der Waals surface area contributed by atoms with Crippen LogP contribution in [0.25, 0.3) is 0 Å². The fraction of sp³-hybridized carbons (Fsp3) is 0.545. The predicted octanol–water partition coefficient (Wildman–Crippen LogP) is -0.251. The first-order valence-corrected chi connectivity index (χ1v) is 5.74. The maximum atomic E-state index is 11.7. The zero-order valence-corrected chi connectivity index (χ0v) is 9.58. The summed E-state index contributed by atoms with van der Waals surface area (Å²) in [7, 11) is 0. The highest BCUT2D eigenvalue weighted by Gasteiger charge is 2.31. The van der Waals surface area contributed by atoms with E-state index in [1.165, 1.54) is 4.90 Å². The molecule has 1 atom stereocenters. The number of hydrogen-bond donors (Lipinski definition) is 1. The van der Waals surface area contributed by atoms with E-state index in [0.717, 1.165) is 13.0 Å². The van der Waals surface area contributed by atoms with Crippen molar-refractivity contribution < 1.29 is 9.59 Å². The molecule has 1 aromatic heterocycles. The van der Waals surface area contributed by atoms with Gasteiger partial charge in [0.05, 0.1) is 12.4 Å². The van der Waals surface area contributed by atoms with Crippen LogP contribution in [0.3, 0.4) is 0 Å². The lowest BCUT2D eigenvalue weighted by atomic mass is 10.0.